The van der Waals surface area contributed by atoms with Crippen LogP contribution in [-0.4, -0.2) is 36.4 Å². The number of hydrogen-bond acceptors (Lipinski definition) is 3. The minimum absolute atomic E-state index is 0.0797. The Morgan fingerprint density at radius 2 is 1.95 bits per heavy atom. The van der Waals surface area contributed by atoms with Crippen LogP contribution in [-0.2, 0) is 11.3 Å². The molecule has 0 bridgehead atoms. The van der Waals surface area contributed by atoms with Gasteiger partial charge in [-0.2, -0.15) is 0 Å². The lowest BCUT2D eigenvalue weighted by atomic mass is 10.2. The third-order valence-corrected chi connectivity index (χ3v) is 2.91. The molecule has 0 fully saturated rings. The monoisotopic (exact) mass is 299 g/mol. The number of alkyl halides is 1. The highest BCUT2D eigenvalue weighted by Crippen LogP contribution is 2.29. The summed E-state index contributed by atoms with van der Waals surface area (Å²) in [7, 11) is 3.33. The zero-order valence-electron chi connectivity index (χ0n) is 12.6. The quantitative estimate of drug-likeness (QED) is 0.758. The maximum atomic E-state index is 11.8. The lowest BCUT2D eigenvalue weighted by molar-refractivity contribution is -0.129. The second-order valence-electron chi connectivity index (χ2n) is 4.96. The van der Waals surface area contributed by atoms with E-state index >= 15 is 0 Å². The molecule has 0 heterocycles. The maximum Gasteiger partial charge on any atom is 0.240 e. The second kappa shape index (κ2) is 7.39. The van der Waals surface area contributed by atoms with Gasteiger partial charge in [-0.05, 0) is 38.5 Å². The number of halogens is 1. The van der Waals surface area contributed by atoms with Crippen molar-refractivity contribution in [3.8, 4) is 11.5 Å². The van der Waals surface area contributed by atoms with Crippen LogP contribution >= 0.6 is 11.6 Å². The average molecular weight is 300 g/mol. The Morgan fingerprint density at radius 3 is 2.45 bits per heavy atom. The van der Waals surface area contributed by atoms with Crippen LogP contribution in [0.4, 0.5) is 0 Å². The SMILES string of the molecule is COc1cc(CN(C)C(=O)C(C)Cl)ccc1OC(C)C. The number of nitrogens with zero attached hydrogens (tertiary/aromatic N) is 1. The van der Waals surface area contributed by atoms with E-state index in [1.807, 2.05) is 32.0 Å². The molecule has 0 saturated heterocycles. The van der Waals surface area contributed by atoms with Crippen LogP contribution in [0.2, 0.25) is 0 Å². The number of ether oxygens (including phenoxy) is 2. The summed E-state index contributed by atoms with van der Waals surface area (Å²) >= 11 is 5.79. The van der Waals surface area contributed by atoms with Crippen molar-refractivity contribution >= 4 is 17.5 Å². The number of benzene rings is 1. The normalized spacial score (nSPS) is 12.2. The zero-order valence-corrected chi connectivity index (χ0v) is 13.4. The van der Waals surface area contributed by atoms with Crippen LogP contribution in [0.25, 0.3) is 0 Å². The van der Waals surface area contributed by atoms with Crippen molar-refractivity contribution in [2.24, 2.45) is 0 Å². The molecular formula is C15H22ClNO3. The number of carbonyl (C=O) groups excluding carboxylic acids is 1. The smallest absolute Gasteiger partial charge is 0.240 e. The molecule has 1 amide bonds. The zero-order chi connectivity index (χ0) is 15.3. The minimum atomic E-state index is -0.523. The fraction of sp³-hybridized carbons (Fsp3) is 0.533. The predicted octanol–water partition coefficient (Wildman–Crippen LogP) is 3.07. The maximum absolute atomic E-state index is 11.8. The van der Waals surface area contributed by atoms with Crippen molar-refractivity contribution < 1.29 is 14.3 Å². The van der Waals surface area contributed by atoms with Gasteiger partial charge in [-0.15, -0.1) is 11.6 Å². The van der Waals surface area contributed by atoms with Crippen molar-refractivity contribution in [3.63, 3.8) is 0 Å². The second-order valence-corrected chi connectivity index (χ2v) is 5.62. The van der Waals surface area contributed by atoms with Gasteiger partial charge in [0.2, 0.25) is 5.91 Å². The van der Waals surface area contributed by atoms with Gasteiger partial charge in [0.15, 0.2) is 11.5 Å². The van der Waals surface area contributed by atoms with Crippen molar-refractivity contribution in [1.82, 2.24) is 4.90 Å². The molecule has 0 N–H and O–H groups in total. The predicted molar refractivity (Wildman–Crippen MR) is 80.5 cm³/mol. The first-order chi connectivity index (χ1) is 9.35. The largest absolute Gasteiger partial charge is 0.493 e. The number of amides is 1. The van der Waals surface area contributed by atoms with E-state index in [0.717, 1.165) is 5.56 Å². The molecule has 5 heteroatoms. The van der Waals surface area contributed by atoms with Crippen LogP contribution < -0.4 is 9.47 Å². The first-order valence-corrected chi connectivity index (χ1v) is 7.01. The van der Waals surface area contributed by atoms with E-state index in [2.05, 4.69) is 0 Å². The molecule has 1 rings (SSSR count). The van der Waals surface area contributed by atoms with Gasteiger partial charge in [0.05, 0.1) is 13.2 Å². The highest BCUT2D eigenvalue weighted by atomic mass is 35.5. The molecule has 0 radical (unpaired) electrons. The van der Waals surface area contributed by atoms with Crippen molar-refractivity contribution in [3.05, 3.63) is 23.8 Å². The Morgan fingerprint density at radius 1 is 1.30 bits per heavy atom. The van der Waals surface area contributed by atoms with Crippen molar-refractivity contribution in [2.45, 2.75) is 38.8 Å². The molecule has 1 aromatic rings. The summed E-state index contributed by atoms with van der Waals surface area (Å²) in [6, 6.07) is 5.65. The minimum Gasteiger partial charge on any atom is -0.493 e. The third kappa shape index (κ3) is 4.60. The van der Waals surface area contributed by atoms with E-state index in [9.17, 15) is 4.79 Å². The number of carbonyl (C=O) groups is 1. The summed E-state index contributed by atoms with van der Waals surface area (Å²) in [5.41, 5.74) is 0.964. The van der Waals surface area contributed by atoms with Gasteiger partial charge < -0.3 is 14.4 Å². The van der Waals surface area contributed by atoms with Gasteiger partial charge in [0, 0.05) is 13.6 Å². The van der Waals surface area contributed by atoms with Gasteiger partial charge in [-0.3, -0.25) is 4.79 Å². The lowest BCUT2D eigenvalue weighted by Gasteiger charge is -2.20. The summed E-state index contributed by atoms with van der Waals surface area (Å²) in [5.74, 6) is 1.26. The van der Waals surface area contributed by atoms with E-state index in [4.69, 9.17) is 21.1 Å². The van der Waals surface area contributed by atoms with Crippen molar-refractivity contribution in [2.75, 3.05) is 14.2 Å². The summed E-state index contributed by atoms with van der Waals surface area (Å²) < 4.78 is 11.0. The fourth-order valence-corrected chi connectivity index (χ4v) is 1.98. The lowest BCUT2D eigenvalue weighted by Crippen LogP contribution is -2.31. The molecule has 0 aliphatic carbocycles. The molecule has 4 nitrogen and oxygen atoms in total. The summed E-state index contributed by atoms with van der Waals surface area (Å²) in [6.45, 7) is 6.07. The Balaban J connectivity index is 2.85. The summed E-state index contributed by atoms with van der Waals surface area (Å²) in [4.78, 5) is 13.3. The molecule has 1 unspecified atom stereocenters. The first-order valence-electron chi connectivity index (χ1n) is 6.57. The van der Waals surface area contributed by atoms with Crippen LogP contribution in [0.15, 0.2) is 18.2 Å². The van der Waals surface area contributed by atoms with E-state index in [1.54, 1.807) is 26.0 Å². The molecule has 1 aromatic carbocycles. The molecule has 20 heavy (non-hydrogen) atoms. The molecule has 0 saturated carbocycles. The van der Waals surface area contributed by atoms with Crippen LogP contribution in [0.1, 0.15) is 26.3 Å². The van der Waals surface area contributed by atoms with Gasteiger partial charge in [-0.25, -0.2) is 0 Å². The fourth-order valence-electron chi connectivity index (χ4n) is 1.82. The highest BCUT2D eigenvalue weighted by Gasteiger charge is 2.16. The Labute approximate surface area is 125 Å². The topological polar surface area (TPSA) is 38.8 Å². The van der Waals surface area contributed by atoms with E-state index in [1.165, 1.54) is 0 Å². The highest BCUT2D eigenvalue weighted by molar-refractivity contribution is 6.30. The molecule has 0 aliphatic heterocycles. The molecular weight excluding hydrogens is 278 g/mol. The molecule has 112 valence electrons. The average Bonchev–Trinajstić information content (AvgIpc) is 2.38. The van der Waals surface area contributed by atoms with E-state index < -0.39 is 5.38 Å². The Hall–Kier alpha value is -1.42. The van der Waals surface area contributed by atoms with Gasteiger partial charge in [-0.1, -0.05) is 6.07 Å². The molecule has 1 atom stereocenters. The van der Waals surface area contributed by atoms with E-state index in [0.29, 0.717) is 18.0 Å². The van der Waals surface area contributed by atoms with Crippen LogP contribution in [0.3, 0.4) is 0 Å². The number of methoxy groups -OCH3 is 1. The Bertz CT molecular complexity index is 460. The Kier molecular flexibility index (Phi) is 6.14. The molecule has 0 aromatic heterocycles. The first kappa shape index (κ1) is 16.6. The summed E-state index contributed by atoms with van der Waals surface area (Å²) in [6.07, 6.45) is 0.0797. The van der Waals surface area contributed by atoms with Crippen LogP contribution in [0.5, 0.6) is 11.5 Å². The van der Waals surface area contributed by atoms with Gasteiger partial charge in [0.1, 0.15) is 5.38 Å². The van der Waals surface area contributed by atoms with E-state index in [-0.39, 0.29) is 12.0 Å². The third-order valence-electron chi connectivity index (χ3n) is 2.73. The van der Waals surface area contributed by atoms with Gasteiger partial charge >= 0.3 is 0 Å². The molecule has 0 aliphatic rings. The standard InChI is InChI=1S/C15H22ClNO3/c1-10(2)20-13-7-6-12(8-14(13)19-5)9-17(4)15(18)11(3)16/h6-8,10-11H,9H2,1-5H3. The number of rotatable bonds is 6. The van der Waals surface area contributed by atoms with Crippen LogP contribution in [0, 0.1) is 0 Å². The van der Waals surface area contributed by atoms with Gasteiger partial charge in [0.25, 0.3) is 0 Å². The molecule has 0 spiro atoms. The van der Waals surface area contributed by atoms with Crippen molar-refractivity contribution in [1.29, 1.82) is 0 Å². The number of hydrogen-bond donors (Lipinski definition) is 0. The summed E-state index contributed by atoms with van der Waals surface area (Å²) in [5, 5.41) is -0.523.